The predicted octanol–water partition coefficient (Wildman–Crippen LogP) is 4.50. The van der Waals surface area contributed by atoms with Gasteiger partial charge in [-0.15, -0.1) is 0 Å². The Morgan fingerprint density at radius 3 is 2.55 bits per heavy atom. The minimum atomic E-state index is -3.48. The molecule has 0 bridgehead atoms. The Balaban J connectivity index is 2.34. The van der Waals surface area contributed by atoms with Crippen LogP contribution in [0.4, 0.5) is 0 Å². The highest BCUT2D eigenvalue weighted by molar-refractivity contribution is 7.90. The second-order valence-corrected chi connectivity index (χ2v) is 9.31. The van der Waals surface area contributed by atoms with Crippen molar-refractivity contribution >= 4 is 9.84 Å². The highest BCUT2D eigenvalue weighted by atomic mass is 32.2. The van der Waals surface area contributed by atoms with Crippen molar-refractivity contribution in [3.05, 3.63) is 60.4 Å². The normalized spacial score (nSPS) is 11.4. The maximum absolute atomic E-state index is 12.4. The molecule has 1 heterocycles. The summed E-state index contributed by atoms with van der Waals surface area (Å²) < 4.78 is 36.3. The first kappa shape index (κ1) is 22.8. The van der Waals surface area contributed by atoms with Gasteiger partial charge in [-0.1, -0.05) is 25.5 Å². The lowest BCUT2D eigenvalue weighted by Gasteiger charge is -2.19. The molecule has 0 unspecified atom stereocenters. The predicted molar refractivity (Wildman–Crippen MR) is 121 cm³/mol. The lowest BCUT2D eigenvalue weighted by atomic mass is 9.93. The number of unbranched alkanes of at least 4 members (excludes halogenated alkanes) is 1. The van der Waals surface area contributed by atoms with Crippen molar-refractivity contribution < 1.29 is 23.0 Å². The molecule has 0 aliphatic heterocycles. The maximum Gasteiger partial charge on any atom is 0.175 e. The van der Waals surface area contributed by atoms with Crippen molar-refractivity contribution in [1.29, 1.82) is 0 Å². The van der Waals surface area contributed by atoms with Crippen molar-refractivity contribution in [2.45, 2.75) is 31.3 Å². The number of sulfone groups is 1. The van der Waals surface area contributed by atoms with Crippen molar-refractivity contribution in [2.24, 2.45) is 0 Å². The lowest BCUT2D eigenvalue weighted by molar-refractivity contribution is 0.281. The molecule has 2 aromatic carbocycles. The first-order valence-electron chi connectivity index (χ1n) is 10.1. The number of benzene rings is 2. The fourth-order valence-electron chi connectivity index (χ4n) is 3.27. The van der Waals surface area contributed by atoms with Crippen LogP contribution in [-0.2, 0) is 16.4 Å². The van der Waals surface area contributed by atoms with Crippen LogP contribution in [0.1, 0.15) is 25.3 Å². The summed E-state index contributed by atoms with van der Waals surface area (Å²) in [5.74, 6) is 1.12. The Bertz CT molecular complexity index is 1160. The molecule has 31 heavy (non-hydrogen) atoms. The van der Waals surface area contributed by atoms with Crippen molar-refractivity contribution in [3.63, 3.8) is 0 Å². The standard InChI is InChI=1S/C24H27NO5S/c1-4-5-9-30-23-13-21(31(3,27)28)12-22(18-7-6-8-20(11-18)29-2)24(23)19-10-17(16-26)14-25-15-19/h6-8,10-15,26H,4-5,9,16H2,1-3H3. The molecule has 0 fully saturated rings. The van der Waals surface area contributed by atoms with Crippen LogP contribution in [0.3, 0.4) is 0 Å². The monoisotopic (exact) mass is 441 g/mol. The van der Waals surface area contributed by atoms with Gasteiger partial charge in [0.15, 0.2) is 9.84 Å². The summed E-state index contributed by atoms with van der Waals surface area (Å²) in [4.78, 5) is 4.42. The Morgan fingerprint density at radius 2 is 1.87 bits per heavy atom. The van der Waals surface area contributed by atoms with Crippen molar-refractivity contribution in [3.8, 4) is 33.8 Å². The Morgan fingerprint density at radius 1 is 1.06 bits per heavy atom. The lowest BCUT2D eigenvalue weighted by Crippen LogP contribution is -2.04. The second-order valence-electron chi connectivity index (χ2n) is 7.29. The molecule has 0 saturated heterocycles. The number of hydrogen-bond acceptors (Lipinski definition) is 6. The number of aliphatic hydroxyl groups is 1. The number of pyridine rings is 1. The van der Waals surface area contributed by atoms with E-state index in [-0.39, 0.29) is 11.5 Å². The summed E-state index contributed by atoms with van der Waals surface area (Å²) in [5.41, 5.74) is 3.58. The molecule has 7 heteroatoms. The highest BCUT2D eigenvalue weighted by Crippen LogP contribution is 2.42. The number of rotatable bonds is 9. The summed E-state index contributed by atoms with van der Waals surface area (Å²) in [5, 5.41) is 9.59. The van der Waals surface area contributed by atoms with Gasteiger partial charge in [0, 0.05) is 29.8 Å². The van der Waals surface area contributed by atoms with E-state index in [2.05, 4.69) is 11.9 Å². The van der Waals surface area contributed by atoms with Gasteiger partial charge in [-0.3, -0.25) is 4.98 Å². The number of nitrogens with zero attached hydrogens (tertiary/aromatic N) is 1. The Kier molecular flexibility index (Phi) is 7.30. The van der Waals surface area contributed by atoms with Gasteiger partial charge in [-0.2, -0.15) is 0 Å². The number of ether oxygens (including phenoxy) is 2. The smallest absolute Gasteiger partial charge is 0.175 e. The largest absolute Gasteiger partial charge is 0.497 e. The van der Waals surface area contributed by atoms with Crippen LogP contribution < -0.4 is 9.47 Å². The molecular formula is C24H27NO5S. The zero-order chi connectivity index (χ0) is 22.4. The van der Waals surface area contributed by atoms with Crippen LogP contribution >= 0.6 is 0 Å². The minimum absolute atomic E-state index is 0.150. The summed E-state index contributed by atoms with van der Waals surface area (Å²) >= 11 is 0. The summed E-state index contributed by atoms with van der Waals surface area (Å²) in [7, 11) is -1.90. The number of aliphatic hydroxyl groups excluding tert-OH is 1. The van der Waals surface area contributed by atoms with E-state index >= 15 is 0 Å². The van der Waals surface area contributed by atoms with Gasteiger partial charge in [0.2, 0.25) is 0 Å². The Labute approximate surface area is 183 Å². The topological polar surface area (TPSA) is 85.7 Å². The van der Waals surface area contributed by atoms with Crippen molar-refractivity contribution in [2.75, 3.05) is 20.0 Å². The van der Waals surface area contributed by atoms with E-state index in [1.807, 2.05) is 30.3 Å². The van der Waals surface area contributed by atoms with Gasteiger partial charge >= 0.3 is 0 Å². The Hall–Kier alpha value is -2.90. The molecule has 1 N–H and O–H groups in total. The highest BCUT2D eigenvalue weighted by Gasteiger charge is 2.20. The van der Waals surface area contributed by atoms with Gasteiger partial charge in [-0.05, 0) is 53.4 Å². The van der Waals surface area contributed by atoms with Crippen LogP contribution in [0.2, 0.25) is 0 Å². The van der Waals surface area contributed by atoms with E-state index in [0.29, 0.717) is 29.2 Å². The molecule has 0 aliphatic carbocycles. The number of methoxy groups -OCH3 is 1. The van der Waals surface area contributed by atoms with Gasteiger partial charge < -0.3 is 14.6 Å². The van der Waals surface area contributed by atoms with Gasteiger partial charge in [0.25, 0.3) is 0 Å². The van der Waals surface area contributed by atoms with E-state index in [1.165, 1.54) is 6.26 Å². The molecular weight excluding hydrogens is 414 g/mol. The SMILES string of the molecule is CCCCOc1cc(S(C)(=O)=O)cc(-c2cccc(OC)c2)c1-c1cncc(CO)c1. The van der Waals surface area contributed by atoms with E-state index < -0.39 is 9.84 Å². The third kappa shape index (κ3) is 5.42. The molecule has 0 aliphatic rings. The molecule has 0 radical (unpaired) electrons. The quantitative estimate of drug-likeness (QED) is 0.492. The average Bonchev–Trinajstić information content (AvgIpc) is 2.78. The molecule has 1 aromatic heterocycles. The summed E-state index contributed by atoms with van der Waals surface area (Å²) in [6.45, 7) is 2.37. The molecule has 0 amide bonds. The van der Waals surface area contributed by atoms with E-state index in [9.17, 15) is 13.5 Å². The molecule has 0 spiro atoms. The second kappa shape index (κ2) is 9.94. The molecule has 0 saturated carbocycles. The van der Waals surface area contributed by atoms with Gasteiger partial charge in [0.05, 0.1) is 25.2 Å². The zero-order valence-corrected chi connectivity index (χ0v) is 18.8. The van der Waals surface area contributed by atoms with E-state index in [1.54, 1.807) is 31.6 Å². The van der Waals surface area contributed by atoms with Gasteiger partial charge in [-0.25, -0.2) is 8.42 Å². The molecule has 164 valence electrons. The fourth-order valence-corrected chi connectivity index (χ4v) is 3.92. The summed E-state index contributed by atoms with van der Waals surface area (Å²) in [6, 6.07) is 12.5. The van der Waals surface area contributed by atoms with Crippen LogP contribution in [0, 0.1) is 0 Å². The molecule has 0 atom stereocenters. The molecule has 3 aromatic rings. The minimum Gasteiger partial charge on any atom is -0.497 e. The first-order valence-corrected chi connectivity index (χ1v) is 12.0. The van der Waals surface area contributed by atoms with E-state index in [4.69, 9.17) is 9.47 Å². The number of aromatic nitrogens is 1. The van der Waals surface area contributed by atoms with Crippen molar-refractivity contribution in [1.82, 2.24) is 4.98 Å². The number of hydrogen-bond donors (Lipinski definition) is 1. The van der Waals surface area contributed by atoms with Gasteiger partial charge in [0.1, 0.15) is 11.5 Å². The average molecular weight is 442 g/mol. The van der Waals surface area contributed by atoms with Crippen LogP contribution in [0.25, 0.3) is 22.3 Å². The van der Waals surface area contributed by atoms with E-state index in [0.717, 1.165) is 29.5 Å². The zero-order valence-electron chi connectivity index (χ0n) is 18.0. The third-order valence-electron chi connectivity index (χ3n) is 4.91. The van der Waals surface area contributed by atoms with Crippen LogP contribution in [0.15, 0.2) is 59.8 Å². The third-order valence-corrected chi connectivity index (χ3v) is 6.00. The summed E-state index contributed by atoms with van der Waals surface area (Å²) in [6.07, 6.45) is 6.25. The fraction of sp³-hybridized carbons (Fsp3) is 0.292. The van der Waals surface area contributed by atoms with Crippen LogP contribution in [0.5, 0.6) is 11.5 Å². The maximum atomic E-state index is 12.4. The molecule has 3 rings (SSSR count). The molecule has 6 nitrogen and oxygen atoms in total. The van der Waals surface area contributed by atoms with Crippen LogP contribution in [-0.4, -0.2) is 38.5 Å². The first-order chi connectivity index (χ1) is 14.9.